The maximum Gasteiger partial charge on any atom is 0.240 e. The Hall–Kier alpha value is -2.37. The molecule has 1 atom stereocenters. The lowest BCUT2D eigenvalue weighted by molar-refractivity contribution is -0.121. The van der Waals surface area contributed by atoms with E-state index in [-0.39, 0.29) is 24.4 Å². The Balaban J connectivity index is 2.35. The fourth-order valence-corrected chi connectivity index (χ4v) is 2.42. The molecule has 118 valence electrons. The molecule has 1 aromatic heterocycles. The number of imidazole rings is 1. The highest BCUT2D eigenvalue weighted by Gasteiger charge is 2.18. The normalized spacial score (nSPS) is 12.1. The fraction of sp³-hybridized carbons (Fsp3) is 0.438. The average Bonchev–Trinajstić information content (AvgIpc) is 2.83. The summed E-state index contributed by atoms with van der Waals surface area (Å²) >= 11 is 0. The van der Waals surface area contributed by atoms with Crippen molar-refractivity contribution in [3.63, 3.8) is 0 Å². The van der Waals surface area contributed by atoms with Gasteiger partial charge in [0.15, 0.2) is 0 Å². The summed E-state index contributed by atoms with van der Waals surface area (Å²) in [5.41, 5.74) is 1.71. The first-order chi connectivity index (χ1) is 10.5. The van der Waals surface area contributed by atoms with Crippen molar-refractivity contribution in [2.75, 3.05) is 6.54 Å². The number of aromatic nitrogens is 2. The van der Waals surface area contributed by atoms with E-state index in [1.165, 1.54) is 6.92 Å². The molecule has 6 heteroatoms. The minimum absolute atomic E-state index is 0.0544. The standard InChI is InChI=1S/C16H22N4O2/c1-4-9-17-15(22)10-20-14-8-6-5-7-13(14)19-16(20)11(2)18-12(3)21/h5-8,11H,4,9-10H2,1-3H3,(H,17,22)(H,18,21). The molecule has 2 amide bonds. The summed E-state index contributed by atoms with van der Waals surface area (Å²) in [6, 6.07) is 7.39. The summed E-state index contributed by atoms with van der Waals surface area (Å²) in [4.78, 5) is 27.9. The zero-order valence-corrected chi connectivity index (χ0v) is 13.2. The molecule has 0 aliphatic rings. The number of hydrogen-bond acceptors (Lipinski definition) is 3. The highest BCUT2D eigenvalue weighted by molar-refractivity contribution is 5.81. The molecule has 0 saturated carbocycles. The molecule has 1 unspecified atom stereocenters. The minimum atomic E-state index is -0.260. The van der Waals surface area contributed by atoms with Gasteiger partial charge in [0.2, 0.25) is 11.8 Å². The van der Waals surface area contributed by atoms with Crippen molar-refractivity contribution in [3.05, 3.63) is 30.1 Å². The van der Waals surface area contributed by atoms with Crippen LogP contribution in [0.4, 0.5) is 0 Å². The number of nitrogens with one attached hydrogen (secondary N) is 2. The van der Waals surface area contributed by atoms with Crippen LogP contribution in [0.5, 0.6) is 0 Å². The van der Waals surface area contributed by atoms with Crippen molar-refractivity contribution in [2.45, 2.75) is 39.8 Å². The van der Waals surface area contributed by atoms with E-state index in [0.717, 1.165) is 17.5 Å². The highest BCUT2D eigenvalue weighted by atomic mass is 16.2. The Morgan fingerprint density at radius 3 is 2.73 bits per heavy atom. The van der Waals surface area contributed by atoms with Crippen molar-refractivity contribution >= 4 is 22.8 Å². The van der Waals surface area contributed by atoms with Crippen LogP contribution in [0.15, 0.2) is 24.3 Å². The van der Waals surface area contributed by atoms with E-state index >= 15 is 0 Å². The number of fused-ring (bicyclic) bond motifs is 1. The van der Waals surface area contributed by atoms with Gasteiger partial charge in [-0.25, -0.2) is 4.98 Å². The topological polar surface area (TPSA) is 76.0 Å². The quantitative estimate of drug-likeness (QED) is 0.853. The molecular weight excluding hydrogens is 280 g/mol. The van der Waals surface area contributed by atoms with Gasteiger partial charge in [-0.2, -0.15) is 0 Å². The average molecular weight is 302 g/mol. The van der Waals surface area contributed by atoms with Crippen LogP contribution >= 0.6 is 0 Å². The smallest absolute Gasteiger partial charge is 0.240 e. The molecule has 1 heterocycles. The lowest BCUT2D eigenvalue weighted by atomic mass is 10.3. The Labute approximate surface area is 129 Å². The van der Waals surface area contributed by atoms with E-state index in [9.17, 15) is 9.59 Å². The zero-order chi connectivity index (χ0) is 16.1. The number of nitrogens with zero attached hydrogens (tertiary/aromatic N) is 2. The lowest BCUT2D eigenvalue weighted by Gasteiger charge is -2.15. The van der Waals surface area contributed by atoms with E-state index in [4.69, 9.17) is 0 Å². The zero-order valence-electron chi connectivity index (χ0n) is 13.2. The second-order valence-corrected chi connectivity index (χ2v) is 5.32. The Bertz CT molecular complexity index is 678. The van der Waals surface area contributed by atoms with Gasteiger partial charge >= 0.3 is 0 Å². The maximum atomic E-state index is 12.1. The van der Waals surface area contributed by atoms with Crippen LogP contribution in [0.1, 0.15) is 39.1 Å². The van der Waals surface area contributed by atoms with Crippen molar-refractivity contribution in [2.24, 2.45) is 0 Å². The maximum absolute atomic E-state index is 12.1. The second kappa shape index (κ2) is 7.06. The number of carbonyl (C=O) groups excluding carboxylic acids is 2. The summed E-state index contributed by atoms with van der Waals surface area (Å²) in [6.07, 6.45) is 0.894. The van der Waals surface area contributed by atoms with Crippen molar-refractivity contribution < 1.29 is 9.59 Å². The van der Waals surface area contributed by atoms with Crippen molar-refractivity contribution in [1.29, 1.82) is 0 Å². The molecule has 22 heavy (non-hydrogen) atoms. The third-order valence-electron chi connectivity index (χ3n) is 3.37. The first-order valence-corrected chi connectivity index (χ1v) is 7.52. The Morgan fingerprint density at radius 1 is 1.32 bits per heavy atom. The van der Waals surface area contributed by atoms with Crippen LogP contribution < -0.4 is 10.6 Å². The molecule has 0 spiro atoms. The monoisotopic (exact) mass is 302 g/mol. The molecule has 1 aromatic carbocycles. The molecule has 0 radical (unpaired) electrons. The number of benzene rings is 1. The van der Waals surface area contributed by atoms with Gasteiger partial charge in [0, 0.05) is 13.5 Å². The number of para-hydroxylation sites is 2. The van der Waals surface area contributed by atoms with E-state index in [0.29, 0.717) is 12.4 Å². The molecule has 0 bridgehead atoms. The van der Waals surface area contributed by atoms with Crippen LogP contribution in [-0.4, -0.2) is 27.9 Å². The summed E-state index contributed by atoms with van der Waals surface area (Å²) in [6.45, 7) is 6.19. The Kier molecular flexibility index (Phi) is 5.14. The molecule has 0 aliphatic carbocycles. The van der Waals surface area contributed by atoms with Gasteiger partial charge < -0.3 is 15.2 Å². The summed E-state index contributed by atoms with van der Waals surface area (Å²) < 4.78 is 1.86. The summed E-state index contributed by atoms with van der Waals surface area (Å²) in [5, 5.41) is 5.69. The minimum Gasteiger partial charge on any atom is -0.355 e. The molecule has 2 aromatic rings. The van der Waals surface area contributed by atoms with Crippen LogP contribution in [0.25, 0.3) is 11.0 Å². The van der Waals surface area contributed by atoms with Gasteiger partial charge in [-0.05, 0) is 25.5 Å². The predicted octanol–water partition coefficient (Wildman–Crippen LogP) is 1.76. The molecular formula is C16H22N4O2. The molecule has 0 saturated heterocycles. The third-order valence-corrected chi connectivity index (χ3v) is 3.37. The number of amides is 2. The van der Waals surface area contributed by atoms with E-state index in [2.05, 4.69) is 15.6 Å². The van der Waals surface area contributed by atoms with Crippen LogP contribution in [0.3, 0.4) is 0 Å². The Morgan fingerprint density at radius 2 is 2.05 bits per heavy atom. The molecule has 2 N–H and O–H groups in total. The highest BCUT2D eigenvalue weighted by Crippen LogP contribution is 2.20. The first-order valence-electron chi connectivity index (χ1n) is 7.52. The van der Waals surface area contributed by atoms with Gasteiger partial charge in [-0.3, -0.25) is 9.59 Å². The van der Waals surface area contributed by atoms with Crippen LogP contribution in [0.2, 0.25) is 0 Å². The SMILES string of the molecule is CCCNC(=O)Cn1c(C(C)NC(C)=O)nc2ccccc21. The van der Waals surface area contributed by atoms with Gasteiger partial charge in [0.05, 0.1) is 17.1 Å². The van der Waals surface area contributed by atoms with E-state index in [1.807, 2.05) is 42.7 Å². The van der Waals surface area contributed by atoms with Crippen molar-refractivity contribution in [1.82, 2.24) is 20.2 Å². The predicted molar refractivity (Wildman–Crippen MR) is 85.3 cm³/mol. The number of hydrogen-bond donors (Lipinski definition) is 2. The van der Waals surface area contributed by atoms with Crippen LogP contribution in [0, 0.1) is 0 Å². The summed E-state index contributed by atoms with van der Waals surface area (Å²) in [7, 11) is 0. The van der Waals surface area contributed by atoms with Gasteiger partial charge in [0.25, 0.3) is 0 Å². The lowest BCUT2D eigenvalue weighted by Crippen LogP contribution is -2.31. The molecule has 0 fully saturated rings. The first kappa shape index (κ1) is 16.0. The number of carbonyl (C=O) groups is 2. The summed E-state index contributed by atoms with van der Waals surface area (Å²) in [5.74, 6) is 0.505. The van der Waals surface area contributed by atoms with Gasteiger partial charge in [-0.15, -0.1) is 0 Å². The molecule has 2 rings (SSSR count). The van der Waals surface area contributed by atoms with Crippen molar-refractivity contribution in [3.8, 4) is 0 Å². The second-order valence-electron chi connectivity index (χ2n) is 5.32. The molecule has 0 aliphatic heterocycles. The number of rotatable bonds is 6. The van der Waals surface area contributed by atoms with Crippen LogP contribution in [-0.2, 0) is 16.1 Å². The van der Waals surface area contributed by atoms with Gasteiger partial charge in [-0.1, -0.05) is 19.1 Å². The van der Waals surface area contributed by atoms with E-state index in [1.54, 1.807) is 0 Å². The largest absolute Gasteiger partial charge is 0.355 e. The van der Waals surface area contributed by atoms with Gasteiger partial charge in [0.1, 0.15) is 12.4 Å². The molecule has 6 nitrogen and oxygen atoms in total. The fourth-order valence-electron chi connectivity index (χ4n) is 2.42. The third kappa shape index (κ3) is 3.63. The van der Waals surface area contributed by atoms with E-state index < -0.39 is 0 Å².